The van der Waals surface area contributed by atoms with Gasteiger partial charge in [0.15, 0.2) is 0 Å². The molecule has 0 saturated carbocycles. The Labute approximate surface area is 126 Å². The molecule has 0 bridgehead atoms. The van der Waals surface area contributed by atoms with Gasteiger partial charge in [0.1, 0.15) is 0 Å². The van der Waals surface area contributed by atoms with Gasteiger partial charge in [-0.1, -0.05) is 72.1 Å². The van der Waals surface area contributed by atoms with Crippen LogP contribution in [0, 0.1) is 0 Å². The van der Waals surface area contributed by atoms with Crippen molar-refractivity contribution in [2.45, 2.75) is 85.0 Å². The fourth-order valence-electron chi connectivity index (χ4n) is 2.04. The maximum Gasteiger partial charge on any atom is 0.330 e. The van der Waals surface area contributed by atoms with Gasteiger partial charge < -0.3 is 9.05 Å². The van der Waals surface area contributed by atoms with Crippen LogP contribution in [-0.4, -0.2) is 19.4 Å². The third kappa shape index (κ3) is 11.9. The molecule has 0 aromatic rings. The molecule has 0 aromatic heterocycles. The van der Waals surface area contributed by atoms with Crippen LogP contribution in [0.1, 0.15) is 85.0 Å². The van der Waals surface area contributed by atoms with Crippen molar-refractivity contribution in [3.05, 3.63) is 0 Å². The fraction of sp³-hybridized carbons (Fsp3) is 1.00. The average Bonchev–Trinajstić information content (AvgIpc) is 2.46. The number of unbranched alkanes of at least 4 members (excludes halogenated alkanes) is 8. The summed E-state index contributed by atoms with van der Waals surface area (Å²) in [5, 5.41) is 0. The van der Waals surface area contributed by atoms with E-state index in [9.17, 15) is 4.57 Å². The lowest BCUT2D eigenvalue weighted by atomic mass is 10.2. The van der Waals surface area contributed by atoms with Crippen molar-refractivity contribution in [1.29, 1.82) is 0 Å². The molecule has 0 N–H and O–H groups in total. The van der Waals surface area contributed by atoms with Gasteiger partial charge in [0.05, 0.1) is 13.2 Å². The molecule has 0 fully saturated rings. The monoisotopic (exact) mass is 306 g/mol. The normalized spacial score (nSPS) is 11.9. The van der Waals surface area contributed by atoms with Crippen LogP contribution in [0.25, 0.3) is 0 Å². The van der Waals surface area contributed by atoms with Crippen molar-refractivity contribution in [3.63, 3.8) is 0 Å². The van der Waals surface area contributed by atoms with Crippen molar-refractivity contribution in [3.8, 4) is 0 Å². The van der Waals surface area contributed by atoms with E-state index >= 15 is 0 Å². The van der Waals surface area contributed by atoms with Crippen LogP contribution < -0.4 is 0 Å². The topological polar surface area (TPSA) is 35.5 Å². The molecule has 122 valence electrons. The zero-order chi connectivity index (χ0) is 15.1. The molecular weight excluding hydrogens is 271 g/mol. The van der Waals surface area contributed by atoms with Crippen molar-refractivity contribution in [2.75, 3.05) is 19.4 Å². The molecule has 4 heteroatoms. The van der Waals surface area contributed by atoms with Crippen LogP contribution in [0.4, 0.5) is 0 Å². The molecular formula is C16H35O3P. The van der Waals surface area contributed by atoms with Gasteiger partial charge in [-0.15, -0.1) is 0 Å². The first-order chi connectivity index (χ1) is 9.68. The highest BCUT2D eigenvalue weighted by Crippen LogP contribution is 2.47. The highest BCUT2D eigenvalue weighted by Gasteiger charge is 2.21. The van der Waals surface area contributed by atoms with E-state index in [1.54, 1.807) is 0 Å². The lowest BCUT2D eigenvalue weighted by molar-refractivity contribution is 0.198. The number of rotatable bonds is 15. The molecule has 0 amide bonds. The summed E-state index contributed by atoms with van der Waals surface area (Å²) in [5.74, 6) is 0. The predicted octanol–water partition coefficient (Wildman–Crippen LogP) is 6.17. The first-order valence-corrected chi connectivity index (χ1v) is 10.3. The van der Waals surface area contributed by atoms with Gasteiger partial charge in [0, 0.05) is 6.16 Å². The minimum absolute atomic E-state index is 0.483. The Morgan fingerprint density at radius 3 is 1.40 bits per heavy atom. The van der Waals surface area contributed by atoms with E-state index in [0.29, 0.717) is 19.4 Å². The Kier molecular flexibility index (Phi) is 14.2. The molecule has 0 heterocycles. The van der Waals surface area contributed by atoms with Crippen molar-refractivity contribution < 1.29 is 13.6 Å². The summed E-state index contributed by atoms with van der Waals surface area (Å²) >= 11 is 0. The largest absolute Gasteiger partial charge is 0.330 e. The Balaban J connectivity index is 3.60. The molecule has 0 radical (unpaired) electrons. The van der Waals surface area contributed by atoms with Crippen molar-refractivity contribution in [2.24, 2.45) is 0 Å². The minimum atomic E-state index is -2.81. The molecule has 0 rings (SSSR count). The Morgan fingerprint density at radius 2 is 1.05 bits per heavy atom. The van der Waals surface area contributed by atoms with Crippen LogP contribution in [-0.2, 0) is 13.6 Å². The lowest BCUT2D eigenvalue weighted by Crippen LogP contribution is -2.01. The van der Waals surface area contributed by atoms with E-state index < -0.39 is 7.60 Å². The molecule has 0 aliphatic rings. The van der Waals surface area contributed by atoms with Crippen molar-refractivity contribution >= 4 is 7.60 Å². The van der Waals surface area contributed by atoms with E-state index in [4.69, 9.17) is 9.05 Å². The minimum Gasteiger partial charge on any atom is -0.309 e. The summed E-state index contributed by atoms with van der Waals surface area (Å²) in [5.41, 5.74) is 0. The molecule has 0 unspecified atom stereocenters. The first kappa shape index (κ1) is 20.1. The van der Waals surface area contributed by atoms with Gasteiger partial charge in [-0.2, -0.15) is 0 Å². The molecule has 0 aliphatic heterocycles. The summed E-state index contributed by atoms with van der Waals surface area (Å²) in [6.07, 6.45) is 12.3. The van der Waals surface area contributed by atoms with Gasteiger partial charge in [0.25, 0.3) is 0 Å². The highest BCUT2D eigenvalue weighted by atomic mass is 31.2. The molecule has 0 atom stereocenters. The third-order valence-electron chi connectivity index (χ3n) is 3.46. The summed E-state index contributed by atoms with van der Waals surface area (Å²) < 4.78 is 23.4. The maximum absolute atomic E-state index is 12.3. The van der Waals surface area contributed by atoms with Gasteiger partial charge in [-0.05, 0) is 12.8 Å². The van der Waals surface area contributed by atoms with Crippen LogP contribution in [0.2, 0.25) is 0 Å². The first-order valence-electron chi connectivity index (χ1n) is 8.56. The highest BCUT2D eigenvalue weighted by molar-refractivity contribution is 7.53. The van der Waals surface area contributed by atoms with Gasteiger partial charge in [0.2, 0.25) is 0 Å². The van der Waals surface area contributed by atoms with E-state index in [-0.39, 0.29) is 0 Å². The van der Waals surface area contributed by atoms with Crippen LogP contribution >= 0.6 is 7.60 Å². The molecule has 3 nitrogen and oxygen atoms in total. The van der Waals surface area contributed by atoms with E-state index in [1.165, 1.54) is 38.5 Å². The lowest BCUT2D eigenvalue weighted by Gasteiger charge is -2.17. The third-order valence-corrected chi connectivity index (χ3v) is 5.39. The SMILES string of the molecule is CCCCCCCOP(=O)(CC)OCCCCCCC. The molecule has 20 heavy (non-hydrogen) atoms. The molecule has 0 spiro atoms. The number of hydrogen-bond acceptors (Lipinski definition) is 3. The Bertz CT molecular complexity index is 224. The van der Waals surface area contributed by atoms with Gasteiger partial charge in [-0.25, -0.2) is 0 Å². The zero-order valence-electron chi connectivity index (χ0n) is 13.9. The van der Waals surface area contributed by atoms with Gasteiger partial charge in [-0.3, -0.25) is 4.57 Å². The Hall–Kier alpha value is 0.150. The van der Waals surface area contributed by atoms with Crippen LogP contribution in [0.15, 0.2) is 0 Å². The quantitative estimate of drug-likeness (QED) is 0.268. The van der Waals surface area contributed by atoms with E-state index in [2.05, 4.69) is 13.8 Å². The predicted molar refractivity (Wildman–Crippen MR) is 87.6 cm³/mol. The molecule has 0 saturated heterocycles. The van der Waals surface area contributed by atoms with Crippen LogP contribution in [0.5, 0.6) is 0 Å². The van der Waals surface area contributed by atoms with Gasteiger partial charge >= 0.3 is 7.60 Å². The second-order valence-electron chi connectivity index (χ2n) is 5.42. The van der Waals surface area contributed by atoms with Crippen molar-refractivity contribution in [1.82, 2.24) is 0 Å². The number of hydrogen-bond donors (Lipinski definition) is 0. The summed E-state index contributed by atoms with van der Waals surface area (Å²) in [7, 11) is -2.81. The van der Waals surface area contributed by atoms with Crippen LogP contribution in [0.3, 0.4) is 0 Å². The summed E-state index contributed by atoms with van der Waals surface area (Å²) in [6, 6.07) is 0. The average molecular weight is 306 g/mol. The zero-order valence-corrected chi connectivity index (χ0v) is 14.8. The smallest absolute Gasteiger partial charge is 0.309 e. The molecule has 0 aliphatic carbocycles. The van der Waals surface area contributed by atoms with E-state index in [1.807, 2.05) is 6.92 Å². The second-order valence-corrected chi connectivity index (χ2v) is 7.79. The summed E-state index contributed by atoms with van der Waals surface area (Å²) in [4.78, 5) is 0. The second kappa shape index (κ2) is 14.1. The van der Waals surface area contributed by atoms with E-state index in [0.717, 1.165) is 25.7 Å². The molecule has 0 aromatic carbocycles. The fourth-order valence-corrected chi connectivity index (χ4v) is 3.29. The maximum atomic E-state index is 12.3. The Morgan fingerprint density at radius 1 is 0.650 bits per heavy atom. The standard InChI is InChI=1S/C16H35O3P/c1-4-7-9-11-13-15-18-20(17,6-3)19-16-14-12-10-8-5-2/h4-16H2,1-3H3. The summed E-state index contributed by atoms with van der Waals surface area (Å²) in [6.45, 7) is 7.44.